The Morgan fingerprint density at radius 2 is 0.792 bits per heavy atom. The summed E-state index contributed by atoms with van der Waals surface area (Å²) in [6, 6.07) is -0.534. The average Bonchev–Trinajstić information content (AvgIpc) is 3.09. The van der Waals surface area contributed by atoms with Crippen molar-refractivity contribution < 1.29 is 15.0 Å². The van der Waals surface area contributed by atoms with Crippen LogP contribution in [0.3, 0.4) is 0 Å². The van der Waals surface area contributed by atoms with Crippen LogP contribution >= 0.6 is 0 Å². The molecule has 286 valence electrons. The Labute approximate surface area is 301 Å². The van der Waals surface area contributed by atoms with Crippen LogP contribution in [0.2, 0.25) is 0 Å². The SMILES string of the molecule is CCCCCCCCC/C=C\CCCCCCCCCC(=O)NC(CO)C(O)CCCCCCCCCCCCCCCCCCCC. The fraction of sp³-hybridized carbons (Fsp3) is 0.932. The molecule has 0 aliphatic heterocycles. The minimum Gasteiger partial charge on any atom is -0.394 e. The van der Waals surface area contributed by atoms with Gasteiger partial charge in [0.25, 0.3) is 0 Å². The number of carbonyl (C=O) groups is 1. The molecular weight excluding hydrogens is 590 g/mol. The van der Waals surface area contributed by atoms with Crippen LogP contribution in [-0.4, -0.2) is 34.9 Å². The van der Waals surface area contributed by atoms with E-state index >= 15 is 0 Å². The van der Waals surface area contributed by atoms with Crippen LogP contribution in [0.5, 0.6) is 0 Å². The first-order valence-electron chi connectivity index (χ1n) is 21.9. The molecule has 0 aromatic rings. The fourth-order valence-electron chi connectivity index (χ4n) is 6.89. The van der Waals surface area contributed by atoms with Crippen molar-refractivity contribution in [2.45, 2.75) is 257 Å². The zero-order chi connectivity index (χ0) is 35.0. The van der Waals surface area contributed by atoms with Crippen molar-refractivity contribution in [1.29, 1.82) is 0 Å². The topological polar surface area (TPSA) is 69.6 Å². The average molecular weight is 678 g/mol. The van der Waals surface area contributed by atoms with Gasteiger partial charge in [-0.15, -0.1) is 0 Å². The highest BCUT2D eigenvalue weighted by Gasteiger charge is 2.20. The molecule has 0 bridgehead atoms. The van der Waals surface area contributed by atoms with Crippen LogP contribution in [-0.2, 0) is 4.79 Å². The van der Waals surface area contributed by atoms with E-state index in [1.807, 2.05) is 0 Å². The lowest BCUT2D eigenvalue weighted by molar-refractivity contribution is -0.123. The predicted octanol–water partition coefficient (Wildman–Crippen LogP) is 13.5. The van der Waals surface area contributed by atoms with E-state index in [4.69, 9.17) is 0 Å². The van der Waals surface area contributed by atoms with Crippen LogP contribution < -0.4 is 5.32 Å². The summed E-state index contributed by atoms with van der Waals surface area (Å²) >= 11 is 0. The predicted molar refractivity (Wildman–Crippen MR) is 212 cm³/mol. The molecule has 0 aromatic heterocycles. The summed E-state index contributed by atoms with van der Waals surface area (Å²) in [7, 11) is 0. The van der Waals surface area contributed by atoms with Crippen molar-refractivity contribution >= 4 is 5.91 Å². The number of aliphatic hydroxyl groups excluding tert-OH is 2. The smallest absolute Gasteiger partial charge is 0.220 e. The number of hydrogen-bond acceptors (Lipinski definition) is 3. The molecule has 4 heteroatoms. The highest BCUT2D eigenvalue weighted by Crippen LogP contribution is 2.16. The van der Waals surface area contributed by atoms with Gasteiger partial charge in [0.15, 0.2) is 0 Å². The summed E-state index contributed by atoms with van der Waals surface area (Å²) in [5, 5.41) is 23.2. The van der Waals surface area contributed by atoms with Crippen molar-refractivity contribution in [2.24, 2.45) is 0 Å². The van der Waals surface area contributed by atoms with E-state index in [0.29, 0.717) is 12.8 Å². The third kappa shape index (κ3) is 36.4. The molecular formula is C44H87NO3. The highest BCUT2D eigenvalue weighted by atomic mass is 16.3. The monoisotopic (exact) mass is 678 g/mol. The molecule has 0 fully saturated rings. The van der Waals surface area contributed by atoms with E-state index in [-0.39, 0.29) is 12.5 Å². The fourth-order valence-corrected chi connectivity index (χ4v) is 6.89. The molecule has 4 nitrogen and oxygen atoms in total. The van der Waals surface area contributed by atoms with Gasteiger partial charge in [-0.3, -0.25) is 4.79 Å². The molecule has 0 saturated heterocycles. The lowest BCUT2D eigenvalue weighted by Gasteiger charge is -2.22. The Kier molecular flexibility index (Phi) is 39.8. The number of hydrogen-bond donors (Lipinski definition) is 3. The summed E-state index contributed by atoms with van der Waals surface area (Å²) in [6.07, 6.45) is 50.0. The van der Waals surface area contributed by atoms with Gasteiger partial charge in [0.1, 0.15) is 0 Å². The summed E-state index contributed by atoms with van der Waals surface area (Å²) in [6.45, 7) is 4.37. The molecule has 3 N–H and O–H groups in total. The van der Waals surface area contributed by atoms with Crippen molar-refractivity contribution in [3.8, 4) is 0 Å². The van der Waals surface area contributed by atoms with Crippen LogP contribution in [0.4, 0.5) is 0 Å². The maximum atomic E-state index is 12.4. The van der Waals surface area contributed by atoms with Gasteiger partial charge in [-0.25, -0.2) is 0 Å². The van der Waals surface area contributed by atoms with E-state index in [0.717, 1.165) is 25.7 Å². The second-order valence-corrected chi connectivity index (χ2v) is 15.1. The van der Waals surface area contributed by atoms with E-state index in [2.05, 4.69) is 31.3 Å². The van der Waals surface area contributed by atoms with E-state index in [1.54, 1.807) is 0 Å². The molecule has 0 saturated carbocycles. The minimum atomic E-state index is -0.657. The second kappa shape index (κ2) is 40.6. The van der Waals surface area contributed by atoms with E-state index in [1.165, 1.54) is 193 Å². The molecule has 0 radical (unpaired) electrons. The first-order valence-corrected chi connectivity index (χ1v) is 21.9. The molecule has 2 atom stereocenters. The number of unbranched alkanes of at least 4 members (excludes halogenated alkanes) is 31. The highest BCUT2D eigenvalue weighted by molar-refractivity contribution is 5.76. The van der Waals surface area contributed by atoms with Crippen LogP contribution in [0.15, 0.2) is 12.2 Å². The lowest BCUT2D eigenvalue weighted by atomic mass is 10.0. The van der Waals surface area contributed by atoms with Crippen molar-refractivity contribution in [1.82, 2.24) is 5.32 Å². The van der Waals surface area contributed by atoms with Crippen LogP contribution in [0.25, 0.3) is 0 Å². The van der Waals surface area contributed by atoms with Gasteiger partial charge in [0, 0.05) is 6.42 Å². The number of aliphatic hydroxyl groups is 2. The van der Waals surface area contributed by atoms with Crippen molar-refractivity contribution in [2.75, 3.05) is 6.61 Å². The number of carbonyl (C=O) groups excluding carboxylic acids is 1. The Bertz CT molecular complexity index is 651. The van der Waals surface area contributed by atoms with Gasteiger partial charge in [0.2, 0.25) is 5.91 Å². The third-order valence-electron chi connectivity index (χ3n) is 10.3. The minimum absolute atomic E-state index is 0.0332. The van der Waals surface area contributed by atoms with Crippen molar-refractivity contribution in [3.63, 3.8) is 0 Å². The molecule has 0 aromatic carbocycles. The normalized spacial score (nSPS) is 13.0. The van der Waals surface area contributed by atoms with Crippen molar-refractivity contribution in [3.05, 3.63) is 12.2 Å². The van der Waals surface area contributed by atoms with Gasteiger partial charge in [0.05, 0.1) is 18.8 Å². The summed E-state index contributed by atoms with van der Waals surface area (Å²) < 4.78 is 0. The van der Waals surface area contributed by atoms with Gasteiger partial charge >= 0.3 is 0 Å². The molecule has 48 heavy (non-hydrogen) atoms. The number of allylic oxidation sites excluding steroid dienone is 2. The van der Waals surface area contributed by atoms with Crippen LogP contribution in [0, 0.1) is 0 Å². The Balaban J connectivity index is 3.50. The summed E-state index contributed by atoms with van der Waals surface area (Å²) in [5.41, 5.74) is 0. The number of nitrogens with one attached hydrogen (secondary N) is 1. The maximum absolute atomic E-state index is 12.4. The van der Waals surface area contributed by atoms with Gasteiger partial charge in [-0.05, 0) is 38.5 Å². The van der Waals surface area contributed by atoms with E-state index < -0.39 is 12.1 Å². The zero-order valence-electron chi connectivity index (χ0n) is 32.8. The molecule has 0 spiro atoms. The molecule has 0 aliphatic rings. The lowest BCUT2D eigenvalue weighted by Crippen LogP contribution is -2.45. The van der Waals surface area contributed by atoms with Crippen LogP contribution in [0.1, 0.15) is 245 Å². The zero-order valence-corrected chi connectivity index (χ0v) is 32.8. The molecule has 1 amide bonds. The molecule has 0 rings (SSSR count). The second-order valence-electron chi connectivity index (χ2n) is 15.1. The third-order valence-corrected chi connectivity index (χ3v) is 10.3. The standard InChI is InChI=1S/C44H87NO3/c1-3-5-7-9-11-13-15-17-19-21-23-25-27-29-31-33-35-37-39-43(47)42(41-46)45-44(48)40-38-36-34-32-30-28-26-24-22-20-18-16-14-12-10-8-6-4-2/h20,22,42-43,46-47H,3-19,21,23-41H2,1-2H3,(H,45,48)/b22-20-. The van der Waals surface area contributed by atoms with Gasteiger partial charge in [-0.2, -0.15) is 0 Å². The Morgan fingerprint density at radius 3 is 1.15 bits per heavy atom. The largest absolute Gasteiger partial charge is 0.394 e. The molecule has 0 heterocycles. The van der Waals surface area contributed by atoms with E-state index in [9.17, 15) is 15.0 Å². The Morgan fingerprint density at radius 1 is 0.479 bits per heavy atom. The number of amides is 1. The van der Waals surface area contributed by atoms with Gasteiger partial charge < -0.3 is 15.5 Å². The molecule has 2 unspecified atom stereocenters. The quantitative estimate of drug-likeness (QED) is 0.0446. The van der Waals surface area contributed by atoms with Gasteiger partial charge in [-0.1, -0.05) is 212 Å². The summed E-state index contributed by atoms with van der Waals surface area (Å²) in [5.74, 6) is -0.0332. The maximum Gasteiger partial charge on any atom is 0.220 e. The summed E-state index contributed by atoms with van der Waals surface area (Å²) in [4.78, 5) is 12.4. The Hall–Kier alpha value is -0.870. The number of rotatable bonds is 40. The first-order chi connectivity index (χ1) is 23.7. The first kappa shape index (κ1) is 47.1. The molecule has 0 aliphatic carbocycles.